The summed E-state index contributed by atoms with van der Waals surface area (Å²) in [6, 6.07) is 6.44. The van der Waals surface area contributed by atoms with Gasteiger partial charge in [-0.15, -0.1) is 0 Å². The van der Waals surface area contributed by atoms with Crippen LogP contribution >= 0.6 is 0 Å². The van der Waals surface area contributed by atoms with Crippen molar-refractivity contribution in [1.82, 2.24) is 15.3 Å². The van der Waals surface area contributed by atoms with Crippen molar-refractivity contribution in [2.75, 3.05) is 13.1 Å². The number of carbonyl (C=O) groups excluding carboxylic acids is 1. The Morgan fingerprint density at radius 2 is 1.91 bits per heavy atom. The van der Waals surface area contributed by atoms with Gasteiger partial charge in [0.05, 0.1) is 11.3 Å². The van der Waals surface area contributed by atoms with Gasteiger partial charge in [-0.3, -0.25) is 9.79 Å². The van der Waals surface area contributed by atoms with Gasteiger partial charge in [-0.2, -0.15) is 0 Å². The second-order valence-electron chi connectivity index (χ2n) is 9.20. The lowest BCUT2D eigenvalue weighted by molar-refractivity contribution is 0.0953. The summed E-state index contributed by atoms with van der Waals surface area (Å²) in [5.41, 5.74) is 11.6. The lowest BCUT2D eigenvalue weighted by atomic mass is 9.67. The van der Waals surface area contributed by atoms with E-state index in [2.05, 4.69) is 15.3 Å². The van der Waals surface area contributed by atoms with Crippen LogP contribution in [0.2, 0.25) is 0 Å². The van der Waals surface area contributed by atoms with Crippen LogP contribution in [0.1, 0.15) is 73.5 Å². The number of guanidine groups is 1. The molecule has 3 unspecified atom stereocenters. The van der Waals surface area contributed by atoms with Gasteiger partial charge in [-0.05, 0) is 49.7 Å². The molecule has 0 spiro atoms. The predicted molar refractivity (Wildman–Crippen MR) is 127 cm³/mol. The van der Waals surface area contributed by atoms with Gasteiger partial charge in [0.1, 0.15) is 11.6 Å². The minimum atomic E-state index is -0.403. The van der Waals surface area contributed by atoms with Gasteiger partial charge in [0.25, 0.3) is 5.91 Å². The Kier molecular flexibility index (Phi) is 7.52. The molecule has 0 saturated heterocycles. The number of hydrogen-bond acceptors (Lipinski definition) is 4. The summed E-state index contributed by atoms with van der Waals surface area (Å²) in [5.74, 6) is 1.82. The fourth-order valence-corrected chi connectivity index (χ4v) is 5.31. The lowest BCUT2D eigenvalue weighted by Gasteiger charge is -2.38. The van der Waals surface area contributed by atoms with Crippen molar-refractivity contribution in [3.63, 3.8) is 0 Å². The number of nitrogens with one attached hydrogen (secondary N) is 1. The maximum absolute atomic E-state index is 14.7. The molecule has 1 aromatic heterocycles. The third kappa shape index (κ3) is 5.67. The summed E-state index contributed by atoms with van der Waals surface area (Å²) in [6.07, 6.45) is 10.7. The first-order valence-corrected chi connectivity index (χ1v) is 12.0. The minimum Gasteiger partial charge on any atom is -0.370 e. The summed E-state index contributed by atoms with van der Waals surface area (Å²) in [6.45, 7) is 0.807. The number of aromatic nitrogens is 2. The number of rotatable bonds is 7. The summed E-state index contributed by atoms with van der Waals surface area (Å²) >= 11 is 0. The highest BCUT2D eigenvalue weighted by molar-refractivity contribution is 5.99. The normalized spacial score (nSPS) is 22.3. The monoisotopic (exact) mass is 452 g/mol. The molecule has 1 aromatic carbocycles. The van der Waals surface area contributed by atoms with Crippen LogP contribution < -0.4 is 16.8 Å². The number of carbonyl (C=O) groups is 1. The minimum absolute atomic E-state index is 0.0226. The summed E-state index contributed by atoms with van der Waals surface area (Å²) in [5, 5.41) is 2.85. The van der Waals surface area contributed by atoms with E-state index in [4.69, 9.17) is 16.5 Å². The maximum atomic E-state index is 14.7. The van der Waals surface area contributed by atoms with Crippen molar-refractivity contribution < 1.29 is 9.18 Å². The summed E-state index contributed by atoms with van der Waals surface area (Å²) in [7, 11) is 0. The fraction of sp³-hybridized carbons (Fsp3) is 0.520. The number of nitrogens with zero attached hydrogens (tertiary/aromatic N) is 3. The molecule has 0 bridgehead atoms. The smallest absolute Gasteiger partial charge is 0.255 e. The first kappa shape index (κ1) is 23.1. The third-order valence-corrected chi connectivity index (χ3v) is 7.00. The molecule has 0 radical (unpaired) electrons. The van der Waals surface area contributed by atoms with E-state index in [1.165, 1.54) is 38.2 Å². The second kappa shape index (κ2) is 10.7. The van der Waals surface area contributed by atoms with E-state index in [9.17, 15) is 9.18 Å². The summed E-state index contributed by atoms with van der Waals surface area (Å²) in [4.78, 5) is 26.2. The van der Waals surface area contributed by atoms with Gasteiger partial charge in [-0.1, -0.05) is 37.8 Å². The lowest BCUT2D eigenvalue weighted by Crippen LogP contribution is -2.29. The molecule has 2 saturated carbocycles. The first-order valence-electron chi connectivity index (χ1n) is 12.0. The van der Waals surface area contributed by atoms with Gasteiger partial charge in [-0.25, -0.2) is 14.4 Å². The van der Waals surface area contributed by atoms with E-state index >= 15 is 0 Å². The zero-order chi connectivity index (χ0) is 23.2. The molecule has 1 amide bonds. The Morgan fingerprint density at radius 1 is 1.12 bits per heavy atom. The number of hydrogen-bond donors (Lipinski definition) is 3. The molecule has 1 heterocycles. The average molecular weight is 453 g/mol. The van der Waals surface area contributed by atoms with Crippen LogP contribution in [0.5, 0.6) is 0 Å². The molecular weight excluding hydrogens is 419 g/mol. The van der Waals surface area contributed by atoms with Crippen LogP contribution in [0.3, 0.4) is 0 Å². The maximum Gasteiger partial charge on any atom is 0.255 e. The zero-order valence-corrected chi connectivity index (χ0v) is 19.0. The van der Waals surface area contributed by atoms with Crippen LogP contribution in [0.15, 0.2) is 35.5 Å². The van der Waals surface area contributed by atoms with Gasteiger partial charge in [0.2, 0.25) is 0 Å². The highest BCUT2D eigenvalue weighted by Gasteiger charge is 2.34. The topological polar surface area (TPSA) is 119 Å². The Hall–Kier alpha value is -3.03. The fourth-order valence-electron chi connectivity index (χ4n) is 5.31. The van der Waals surface area contributed by atoms with Crippen molar-refractivity contribution in [3.8, 4) is 11.3 Å². The molecule has 8 heteroatoms. The molecule has 2 aliphatic carbocycles. The number of benzene rings is 1. The second-order valence-corrected chi connectivity index (χ2v) is 9.20. The SMILES string of the molecule is NC(N)=NCCCNC(=O)c1cnc(C2CCC3CCCCC3C2)nc1-c1ccccc1F. The van der Waals surface area contributed by atoms with Crippen molar-refractivity contribution in [2.24, 2.45) is 28.3 Å². The Balaban J connectivity index is 1.56. The van der Waals surface area contributed by atoms with Gasteiger partial charge in [0, 0.05) is 30.8 Å². The molecule has 5 N–H and O–H groups in total. The van der Waals surface area contributed by atoms with E-state index in [1.807, 2.05) is 0 Å². The van der Waals surface area contributed by atoms with Crippen LogP contribution in [0.4, 0.5) is 4.39 Å². The number of nitrogens with two attached hydrogens (primary N) is 2. The van der Waals surface area contributed by atoms with Crippen LogP contribution in [-0.4, -0.2) is 34.9 Å². The highest BCUT2D eigenvalue weighted by atomic mass is 19.1. The Bertz CT molecular complexity index is 1010. The Labute approximate surface area is 194 Å². The highest BCUT2D eigenvalue weighted by Crippen LogP contribution is 2.45. The molecule has 0 aliphatic heterocycles. The molecule has 3 atom stereocenters. The molecular formula is C25H33FN6O. The van der Waals surface area contributed by atoms with Crippen LogP contribution in [0.25, 0.3) is 11.3 Å². The number of amides is 1. The van der Waals surface area contributed by atoms with Gasteiger partial charge >= 0.3 is 0 Å². The molecule has 2 aromatic rings. The molecule has 2 aliphatic rings. The van der Waals surface area contributed by atoms with E-state index < -0.39 is 5.82 Å². The zero-order valence-electron chi connectivity index (χ0n) is 19.0. The van der Waals surface area contributed by atoms with Crippen molar-refractivity contribution >= 4 is 11.9 Å². The Morgan fingerprint density at radius 3 is 2.70 bits per heavy atom. The van der Waals surface area contributed by atoms with Crippen molar-refractivity contribution in [3.05, 3.63) is 47.7 Å². The third-order valence-electron chi connectivity index (χ3n) is 7.00. The summed E-state index contributed by atoms with van der Waals surface area (Å²) < 4.78 is 14.7. The molecule has 7 nitrogen and oxygen atoms in total. The van der Waals surface area contributed by atoms with Gasteiger partial charge < -0.3 is 16.8 Å². The predicted octanol–water partition coefficient (Wildman–Crippen LogP) is 3.75. The largest absolute Gasteiger partial charge is 0.370 e. The number of aliphatic imine (C=N–C) groups is 1. The van der Waals surface area contributed by atoms with E-state index in [0.29, 0.717) is 30.8 Å². The van der Waals surface area contributed by atoms with E-state index in [-0.39, 0.29) is 23.3 Å². The first-order chi connectivity index (χ1) is 16.0. The van der Waals surface area contributed by atoms with Gasteiger partial charge in [0.15, 0.2) is 5.96 Å². The molecule has 2 fully saturated rings. The van der Waals surface area contributed by atoms with Crippen molar-refractivity contribution in [1.29, 1.82) is 0 Å². The molecule has 33 heavy (non-hydrogen) atoms. The average Bonchev–Trinajstić information content (AvgIpc) is 2.83. The quantitative estimate of drug-likeness (QED) is 0.336. The van der Waals surface area contributed by atoms with Crippen LogP contribution in [-0.2, 0) is 0 Å². The van der Waals surface area contributed by atoms with Crippen molar-refractivity contribution in [2.45, 2.75) is 57.3 Å². The standard InChI is InChI=1S/C25H33FN6O/c26-21-9-4-3-8-19(21)22-20(24(33)29-12-5-13-30-25(27)28)15-31-23(32-22)18-11-10-16-6-1-2-7-17(16)14-18/h3-4,8-9,15-18H,1-2,5-7,10-14H2,(H,29,33)(H4,27,28,30). The molecule has 4 rings (SSSR count). The molecule has 176 valence electrons. The van der Waals surface area contributed by atoms with E-state index in [0.717, 1.165) is 30.5 Å². The number of halogens is 1. The van der Waals surface area contributed by atoms with E-state index in [1.54, 1.807) is 24.4 Å². The van der Waals surface area contributed by atoms with Crippen LogP contribution in [0, 0.1) is 17.7 Å². The number of fused-ring (bicyclic) bond motifs is 1.